The molecule has 1 rings (SSSR count). The maximum Gasteiger partial charge on any atom is 0.341 e. The van der Waals surface area contributed by atoms with Crippen LogP contribution >= 0.6 is 27.5 Å². The fraction of sp³-hybridized carbons (Fsp3) is 0.125. The van der Waals surface area contributed by atoms with Gasteiger partial charge in [-0.25, -0.2) is 4.79 Å². The van der Waals surface area contributed by atoms with Crippen LogP contribution < -0.4 is 17.0 Å². The molecule has 82 valence electrons. The minimum atomic E-state index is -0.604. The van der Waals surface area contributed by atoms with E-state index in [0.29, 0.717) is 10.2 Å². The van der Waals surface area contributed by atoms with Crippen molar-refractivity contribution in [1.82, 2.24) is 0 Å². The van der Waals surface area contributed by atoms with Crippen molar-refractivity contribution in [1.29, 1.82) is 0 Å². The summed E-state index contributed by atoms with van der Waals surface area (Å²) in [4.78, 5) is 11.4. The predicted octanol–water partition coefficient (Wildman–Crippen LogP) is 1.76. The fourth-order valence-corrected chi connectivity index (χ4v) is 1.93. The number of ether oxygens (including phenoxy) is 1. The third kappa shape index (κ3) is 2.17. The first-order valence-electron chi connectivity index (χ1n) is 3.85. The number of hydrogen-bond donors (Lipinski definition) is 3. The summed E-state index contributed by atoms with van der Waals surface area (Å²) in [7, 11) is 1.25. The van der Waals surface area contributed by atoms with Crippen molar-refractivity contribution in [2.24, 2.45) is 5.84 Å². The molecule has 0 saturated carbocycles. The lowest BCUT2D eigenvalue weighted by atomic mass is 10.1. The van der Waals surface area contributed by atoms with Gasteiger partial charge in [-0.3, -0.25) is 5.84 Å². The average Bonchev–Trinajstić information content (AvgIpc) is 2.21. The summed E-state index contributed by atoms with van der Waals surface area (Å²) in [5, 5.41) is 0.205. The Balaban J connectivity index is 3.49. The zero-order valence-electron chi connectivity index (χ0n) is 7.80. The lowest BCUT2D eigenvalue weighted by Crippen LogP contribution is -2.15. The minimum absolute atomic E-state index is 0.113. The number of hydrazine groups is 1. The summed E-state index contributed by atoms with van der Waals surface area (Å²) in [5.74, 6) is 4.66. The van der Waals surface area contributed by atoms with Crippen LogP contribution in [0.3, 0.4) is 0 Å². The quantitative estimate of drug-likeness (QED) is 0.335. The summed E-state index contributed by atoms with van der Waals surface area (Å²) in [5.41, 5.74) is 8.66. The highest BCUT2D eigenvalue weighted by Crippen LogP contribution is 2.36. The standard InChI is InChI=1S/C8H9BrClN3O2/c1-15-8(14)5-4(10)2-3(9)6(11)7(5)13-12/h2,13H,11-12H2,1H3. The largest absolute Gasteiger partial charge is 0.465 e. The second-order valence-electron chi connectivity index (χ2n) is 2.64. The fourth-order valence-electron chi connectivity index (χ4n) is 1.09. The molecule has 5 N–H and O–H groups in total. The van der Waals surface area contributed by atoms with Crippen LogP contribution in [0.25, 0.3) is 0 Å². The third-order valence-corrected chi connectivity index (χ3v) is 2.76. The van der Waals surface area contributed by atoms with Gasteiger partial charge in [0.25, 0.3) is 0 Å². The van der Waals surface area contributed by atoms with E-state index in [0.717, 1.165) is 0 Å². The number of halogens is 2. The number of methoxy groups -OCH3 is 1. The predicted molar refractivity (Wildman–Crippen MR) is 62.7 cm³/mol. The van der Waals surface area contributed by atoms with Gasteiger partial charge < -0.3 is 15.9 Å². The van der Waals surface area contributed by atoms with Crippen LogP contribution in [0.2, 0.25) is 5.02 Å². The van der Waals surface area contributed by atoms with Gasteiger partial charge in [-0.15, -0.1) is 0 Å². The van der Waals surface area contributed by atoms with Crippen molar-refractivity contribution in [2.75, 3.05) is 18.3 Å². The molecule has 1 aromatic carbocycles. The van der Waals surface area contributed by atoms with Crippen LogP contribution in [0, 0.1) is 0 Å². The Bertz CT molecular complexity index is 411. The van der Waals surface area contributed by atoms with Crippen LogP contribution in [0.1, 0.15) is 10.4 Å². The van der Waals surface area contributed by atoms with Gasteiger partial charge in [-0.1, -0.05) is 11.6 Å². The summed E-state index contributed by atoms with van der Waals surface area (Å²) in [6, 6.07) is 1.50. The number of benzene rings is 1. The highest BCUT2D eigenvalue weighted by molar-refractivity contribution is 9.10. The Morgan fingerprint density at radius 2 is 2.27 bits per heavy atom. The van der Waals surface area contributed by atoms with Gasteiger partial charge in [0.05, 0.1) is 23.5 Å². The molecule has 1 aromatic rings. The molecule has 0 heterocycles. The normalized spacial score (nSPS) is 9.87. The topological polar surface area (TPSA) is 90.4 Å². The van der Waals surface area contributed by atoms with E-state index in [1.54, 1.807) is 0 Å². The van der Waals surface area contributed by atoms with Crippen LogP contribution in [-0.4, -0.2) is 13.1 Å². The van der Waals surface area contributed by atoms with Crippen molar-refractivity contribution in [2.45, 2.75) is 0 Å². The van der Waals surface area contributed by atoms with E-state index in [4.69, 9.17) is 23.2 Å². The van der Waals surface area contributed by atoms with E-state index in [2.05, 4.69) is 26.1 Å². The van der Waals surface area contributed by atoms with E-state index < -0.39 is 5.97 Å². The van der Waals surface area contributed by atoms with Gasteiger partial charge >= 0.3 is 5.97 Å². The molecule has 7 heteroatoms. The third-order valence-electron chi connectivity index (χ3n) is 1.80. The van der Waals surface area contributed by atoms with Gasteiger partial charge in [0.2, 0.25) is 0 Å². The molecular formula is C8H9BrClN3O2. The van der Waals surface area contributed by atoms with Crippen molar-refractivity contribution in [3.8, 4) is 0 Å². The van der Waals surface area contributed by atoms with Gasteiger partial charge in [-0.05, 0) is 22.0 Å². The first-order chi connectivity index (χ1) is 7.02. The lowest BCUT2D eigenvalue weighted by Gasteiger charge is -2.13. The number of nitrogen functional groups attached to an aromatic ring is 2. The highest BCUT2D eigenvalue weighted by atomic mass is 79.9. The van der Waals surface area contributed by atoms with Crippen LogP contribution in [0.4, 0.5) is 11.4 Å². The second kappa shape index (κ2) is 4.69. The summed E-state index contributed by atoms with van der Waals surface area (Å²) < 4.78 is 5.11. The molecule has 0 saturated heterocycles. The molecule has 0 radical (unpaired) electrons. The Labute approximate surface area is 99.8 Å². The molecule has 0 aliphatic heterocycles. The minimum Gasteiger partial charge on any atom is -0.465 e. The molecule has 0 aliphatic rings. The first-order valence-corrected chi connectivity index (χ1v) is 5.02. The molecule has 5 nitrogen and oxygen atoms in total. The Hall–Kier alpha value is -0.980. The number of nitrogens with one attached hydrogen (secondary N) is 1. The second-order valence-corrected chi connectivity index (χ2v) is 3.90. The van der Waals surface area contributed by atoms with E-state index in [-0.39, 0.29) is 16.3 Å². The Kier molecular flexibility index (Phi) is 3.78. The summed E-state index contributed by atoms with van der Waals surface area (Å²) in [6.45, 7) is 0. The average molecular weight is 295 g/mol. The van der Waals surface area contributed by atoms with Gasteiger partial charge in [-0.2, -0.15) is 0 Å². The smallest absolute Gasteiger partial charge is 0.341 e. The van der Waals surface area contributed by atoms with Crippen LogP contribution in [-0.2, 0) is 4.74 Å². The first kappa shape index (κ1) is 12.1. The molecule has 0 aromatic heterocycles. The molecule has 15 heavy (non-hydrogen) atoms. The van der Waals surface area contributed by atoms with E-state index in [1.165, 1.54) is 13.2 Å². The molecule has 0 aliphatic carbocycles. The zero-order valence-corrected chi connectivity index (χ0v) is 10.1. The molecule has 0 amide bonds. The highest BCUT2D eigenvalue weighted by Gasteiger charge is 2.20. The molecule has 0 spiro atoms. The van der Waals surface area contributed by atoms with Gasteiger partial charge in [0.15, 0.2) is 0 Å². The maximum atomic E-state index is 11.4. The maximum absolute atomic E-state index is 11.4. The monoisotopic (exact) mass is 293 g/mol. The molecule has 0 bridgehead atoms. The zero-order chi connectivity index (χ0) is 11.6. The van der Waals surface area contributed by atoms with Gasteiger partial charge in [0.1, 0.15) is 5.56 Å². The summed E-state index contributed by atoms with van der Waals surface area (Å²) in [6.07, 6.45) is 0. The lowest BCUT2D eigenvalue weighted by molar-refractivity contribution is 0.0602. The van der Waals surface area contributed by atoms with Crippen molar-refractivity contribution < 1.29 is 9.53 Å². The number of esters is 1. The van der Waals surface area contributed by atoms with Gasteiger partial charge in [0, 0.05) is 4.47 Å². The van der Waals surface area contributed by atoms with Crippen molar-refractivity contribution in [3.05, 3.63) is 21.1 Å². The number of carbonyl (C=O) groups is 1. The number of carbonyl (C=O) groups excluding carboxylic acids is 1. The van der Waals surface area contributed by atoms with Crippen molar-refractivity contribution in [3.63, 3.8) is 0 Å². The number of rotatable bonds is 2. The molecule has 0 unspecified atom stereocenters. The Morgan fingerprint density at radius 3 is 2.73 bits per heavy atom. The number of nitrogens with two attached hydrogens (primary N) is 2. The summed E-state index contributed by atoms with van der Waals surface area (Å²) >= 11 is 9.06. The van der Waals surface area contributed by atoms with E-state index in [9.17, 15) is 4.79 Å². The number of hydrogen-bond acceptors (Lipinski definition) is 5. The Morgan fingerprint density at radius 1 is 1.67 bits per heavy atom. The SMILES string of the molecule is COC(=O)c1c(Cl)cc(Br)c(N)c1NN. The van der Waals surface area contributed by atoms with Crippen LogP contribution in [0.5, 0.6) is 0 Å². The van der Waals surface area contributed by atoms with Crippen molar-refractivity contribution >= 4 is 44.9 Å². The number of anilines is 2. The molecular weight excluding hydrogens is 285 g/mol. The molecule has 0 atom stereocenters. The molecule has 0 fully saturated rings. The van der Waals surface area contributed by atoms with E-state index >= 15 is 0 Å². The van der Waals surface area contributed by atoms with Crippen LogP contribution in [0.15, 0.2) is 10.5 Å². The van der Waals surface area contributed by atoms with E-state index in [1.807, 2.05) is 0 Å².